The van der Waals surface area contributed by atoms with Crippen molar-refractivity contribution in [3.05, 3.63) is 93.4 Å². The SMILES string of the molecule is COc1cc(C(=O)c2c(C(F)(F)F)[nH]ccc2=O)ccc1OCc1ccccc1. The summed E-state index contributed by atoms with van der Waals surface area (Å²) < 4.78 is 50.5. The standard InChI is InChI=1S/C21H16F3NO4/c1-28-17-11-14(7-8-16(17)29-12-13-5-3-2-4-6-13)19(27)18-15(26)9-10-25-20(18)21(22,23)24/h2-11H,12H2,1H3,(H,25,26). The van der Waals surface area contributed by atoms with Gasteiger partial charge in [-0.3, -0.25) is 9.59 Å². The van der Waals surface area contributed by atoms with Crippen LogP contribution in [0.5, 0.6) is 11.5 Å². The van der Waals surface area contributed by atoms with E-state index in [1.54, 1.807) is 0 Å². The number of hydrogen-bond donors (Lipinski definition) is 1. The number of aromatic amines is 1. The second-order valence-electron chi connectivity index (χ2n) is 6.06. The summed E-state index contributed by atoms with van der Waals surface area (Å²) in [6.45, 7) is 0.237. The fraction of sp³-hybridized carbons (Fsp3) is 0.143. The molecule has 0 spiro atoms. The van der Waals surface area contributed by atoms with E-state index in [9.17, 15) is 22.8 Å². The molecule has 0 fully saturated rings. The Morgan fingerprint density at radius 1 is 1.03 bits per heavy atom. The quantitative estimate of drug-likeness (QED) is 0.626. The normalized spacial score (nSPS) is 11.2. The van der Waals surface area contributed by atoms with Crippen molar-refractivity contribution in [2.75, 3.05) is 7.11 Å². The second kappa shape index (κ2) is 8.22. The molecule has 0 aliphatic carbocycles. The van der Waals surface area contributed by atoms with Gasteiger partial charge in [0, 0.05) is 17.8 Å². The van der Waals surface area contributed by atoms with Gasteiger partial charge in [-0.25, -0.2) is 0 Å². The van der Waals surface area contributed by atoms with Gasteiger partial charge in [-0.15, -0.1) is 0 Å². The van der Waals surface area contributed by atoms with Crippen molar-refractivity contribution in [1.82, 2.24) is 4.98 Å². The first kappa shape index (κ1) is 20.2. The minimum Gasteiger partial charge on any atom is -0.493 e. The monoisotopic (exact) mass is 403 g/mol. The van der Waals surface area contributed by atoms with Crippen LogP contribution in [-0.4, -0.2) is 17.9 Å². The molecule has 0 saturated heterocycles. The summed E-state index contributed by atoms with van der Waals surface area (Å²) in [5.41, 5.74) is -2.61. The molecule has 0 aliphatic heterocycles. The van der Waals surface area contributed by atoms with Gasteiger partial charge in [0.2, 0.25) is 0 Å². The van der Waals surface area contributed by atoms with Gasteiger partial charge in [0.25, 0.3) is 0 Å². The fourth-order valence-electron chi connectivity index (χ4n) is 2.74. The maximum atomic E-state index is 13.2. The average Bonchev–Trinajstić information content (AvgIpc) is 2.71. The van der Waals surface area contributed by atoms with E-state index in [1.165, 1.54) is 25.3 Å². The number of aromatic nitrogens is 1. The van der Waals surface area contributed by atoms with Crippen LogP contribution in [0.25, 0.3) is 0 Å². The number of alkyl halides is 3. The summed E-state index contributed by atoms with van der Waals surface area (Å²) in [5, 5.41) is 0. The maximum Gasteiger partial charge on any atom is 0.432 e. The zero-order valence-electron chi connectivity index (χ0n) is 15.2. The minimum atomic E-state index is -4.88. The van der Waals surface area contributed by atoms with Crippen LogP contribution in [0.3, 0.4) is 0 Å². The second-order valence-corrected chi connectivity index (χ2v) is 6.06. The zero-order valence-corrected chi connectivity index (χ0v) is 15.2. The Hall–Kier alpha value is -3.55. The number of nitrogens with one attached hydrogen (secondary N) is 1. The molecule has 1 heterocycles. The fourth-order valence-corrected chi connectivity index (χ4v) is 2.74. The third kappa shape index (κ3) is 4.48. The molecule has 1 N–H and O–H groups in total. The molecule has 3 aromatic rings. The van der Waals surface area contributed by atoms with Gasteiger partial charge in [0.1, 0.15) is 12.3 Å². The van der Waals surface area contributed by atoms with Crippen molar-refractivity contribution in [2.24, 2.45) is 0 Å². The molecule has 3 rings (SSSR count). The van der Waals surface area contributed by atoms with E-state index in [4.69, 9.17) is 9.47 Å². The lowest BCUT2D eigenvalue weighted by atomic mass is 10.0. The highest BCUT2D eigenvalue weighted by atomic mass is 19.4. The van der Waals surface area contributed by atoms with Crippen LogP contribution in [0.15, 0.2) is 65.6 Å². The molecule has 1 aromatic heterocycles. The van der Waals surface area contributed by atoms with Crippen LogP contribution in [0.4, 0.5) is 13.2 Å². The molecule has 0 aliphatic rings. The van der Waals surface area contributed by atoms with Gasteiger partial charge >= 0.3 is 6.18 Å². The van der Waals surface area contributed by atoms with Gasteiger partial charge in [0.15, 0.2) is 22.7 Å². The van der Waals surface area contributed by atoms with Crippen molar-refractivity contribution in [1.29, 1.82) is 0 Å². The number of carbonyl (C=O) groups is 1. The van der Waals surface area contributed by atoms with E-state index >= 15 is 0 Å². The van der Waals surface area contributed by atoms with Gasteiger partial charge in [-0.1, -0.05) is 30.3 Å². The van der Waals surface area contributed by atoms with E-state index in [0.717, 1.165) is 17.8 Å². The zero-order chi connectivity index (χ0) is 21.0. The largest absolute Gasteiger partial charge is 0.493 e. The lowest BCUT2D eigenvalue weighted by Crippen LogP contribution is -2.24. The van der Waals surface area contributed by atoms with E-state index in [0.29, 0.717) is 5.75 Å². The molecule has 0 radical (unpaired) electrons. The first-order valence-electron chi connectivity index (χ1n) is 8.49. The molecule has 0 bridgehead atoms. The highest BCUT2D eigenvalue weighted by molar-refractivity contribution is 6.10. The van der Waals surface area contributed by atoms with E-state index in [1.807, 2.05) is 35.3 Å². The van der Waals surface area contributed by atoms with Crippen molar-refractivity contribution in [3.8, 4) is 11.5 Å². The molecule has 0 unspecified atom stereocenters. The van der Waals surface area contributed by atoms with E-state index in [2.05, 4.69) is 0 Å². The molecule has 0 saturated carbocycles. The van der Waals surface area contributed by atoms with Crippen LogP contribution < -0.4 is 14.9 Å². The van der Waals surface area contributed by atoms with Gasteiger partial charge in [0.05, 0.1) is 12.7 Å². The Labute approximate surface area is 163 Å². The molecule has 2 aromatic carbocycles. The first-order valence-corrected chi connectivity index (χ1v) is 8.49. The number of halogens is 3. The smallest absolute Gasteiger partial charge is 0.432 e. The number of ether oxygens (including phenoxy) is 2. The molecule has 150 valence electrons. The molecule has 8 heteroatoms. The maximum absolute atomic E-state index is 13.2. The van der Waals surface area contributed by atoms with Gasteiger partial charge in [-0.05, 0) is 23.8 Å². The van der Waals surface area contributed by atoms with Crippen molar-refractivity contribution >= 4 is 5.78 Å². The number of methoxy groups -OCH3 is 1. The molecule has 0 amide bonds. The number of carbonyl (C=O) groups excluding carboxylic acids is 1. The van der Waals surface area contributed by atoms with Crippen LogP contribution in [0.2, 0.25) is 0 Å². The third-order valence-corrected chi connectivity index (χ3v) is 4.13. The summed E-state index contributed by atoms with van der Waals surface area (Å²) >= 11 is 0. The third-order valence-electron chi connectivity index (χ3n) is 4.13. The molecular weight excluding hydrogens is 387 g/mol. The highest BCUT2D eigenvalue weighted by Crippen LogP contribution is 2.32. The number of hydrogen-bond acceptors (Lipinski definition) is 4. The predicted molar refractivity (Wildman–Crippen MR) is 99.3 cm³/mol. The summed E-state index contributed by atoms with van der Waals surface area (Å²) in [7, 11) is 1.34. The molecule has 0 atom stereocenters. The van der Waals surface area contributed by atoms with Gasteiger partial charge < -0.3 is 14.5 Å². The van der Waals surface area contributed by atoms with Crippen LogP contribution >= 0.6 is 0 Å². The summed E-state index contributed by atoms with van der Waals surface area (Å²) in [6, 6.07) is 14.1. The number of ketones is 1. The Morgan fingerprint density at radius 3 is 2.41 bits per heavy atom. The number of pyridine rings is 1. The van der Waals surface area contributed by atoms with E-state index < -0.39 is 28.6 Å². The van der Waals surface area contributed by atoms with E-state index in [-0.39, 0.29) is 17.9 Å². The molecule has 29 heavy (non-hydrogen) atoms. The lowest BCUT2D eigenvalue weighted by molar-refractivity contribution is -0.141. The Bertz CT molecular complexity index is 1080. The average molecular weight is 403 g/mol. The summed E-state index contributed by atoms with van der Waals surface area (Å²) in [4.78, 5) is 26.6. The van der Waals surface area contributed by atoms with Crippen LogP contribution in [-0.2, 0) is 12.8 Å². The van der Waals surface area contributed by atoms with Gasteiger partial charge in [-0.2, -0.15) is 13.2 Å². The number of benzene rings is 2. The van der Waals surface area contributed by atoms with Crippen molar-refractivity contribution < 1.29 is 27.4 Å². The topological polar surface area (TPSA) is 68.4 Å². The summed E-state index contributed by atoms with van der Waals surface area (Å²) in [6.07, 6.45) is -4.03. The first-order chi connectivity index (χ1) is 13.8. The number of H-pyrrole nitrogens is 1. The molecular formula is C21H16F3NO4. The predicted octanol–water partition coefficient (Wildman–Crippen LogP) is 4.21. The Morgan fingerprint density at radius 2 is 1.76 bits per heavy atom. The van der Waals surface area contributed by atoms with Crippen LogP contribution in [0, 0.1) is 0 Å². The lowest BCUT2D eigenvalue weighted by Gasteiger charge is -2.14. The minimum absolute atomic E-state index is 0.129. The Kier molecular flexibility index (Phi) is 5.72. The van der Waals surface area contributed by atoms with Crippen molar-refractivity contribution in [2.45, 2.75) is 12.8 Å². The molecule has 5 nitrogen and oxygen atoms in total. The van der Waals surface area contributed by atoms with Crippen molar-refractivity contribution in [3.63, 3.8) is 0 Å². The Balaban J connectivity index is 1.93. The van der Waals surface area contributed by atoms with Crippen LogP contribution in [0.1, 0.15) is 27.2 Å². The number of rotatable bonds is 6. The highest BCUT2D eigenvalue weighted by Gasteiger charge is 2.37. The summed E-state index contributed by atoms with van der Waals surface area (Å²) in [5.74, 6) is -0.592.